The average Bonchev–Trinajstić information content (AvgIpc) is 3.65. The number of anilines is 6. The maximum absolute atomic E-state index is 2.75. The lowest BCUT2D eigenvalue weighted by atomic mass is 9.32. The van der Waals surface area contributed by atoms with Crippen LogP contribution in [0.25, 0.3) is 22.3 Å². The number of benzene rings is 8. The fraction of sp³-hybridized carbons (Fsp3) is 0.200. The summed E-state index contributed by atoms with van der Waals surface area (Å²) in [5, 5.41) is 0. The van der Waals surface area contributed by atoms with E-state index in [0.29, 0.717) is 0 Å². The number of hydrogen-bond donors (Lipinski definition) is 0. The molecule has 0 radical (unpaired) electrons. The van der Waals surface area contributed by atoms with Gasteiger partial charge in [-0.05, 0) is 120 Å². The first-order chi connectivity index (χ1) is 30.8. The van der Waals surface area contributed by atoms with Crippen molar-refractivity contribution in [2.75, 3.05) is 9.80 Å². The van der Waals surface area contributed by atoms with Crippen LogP contribution in [0.2, 0.25) is 0 Å². The molecule has 3 heterocycles. The number of nitrogens with zero attached hydrogens (tertiary/aromatic N) is 2. The molecule has 0 atom stereocenters. The molecule has 5 aliphatic rings. The van der Waals surface area contributed by atoms with Crippen LogP contribution >= 0.6 is 0 Å². The van der Waals surface area contributed by atoms with Gasteiger partial charge < -0.3 is 9.80 Å². The predicted octanol–water partition coefficient (Wildman–Crippen LogP) is 11.1. The Morgan fingerprint density at radius 1 is 0.359 bits per heavy atom. The molecule has 0 fully saturated rings. The van der Waals surface area contributed by atoms with Gasteiger partial charge >= 0.3 is 0 Å². The highest BCUT2D eigenvalue weighted by Gasteiger charge is 2.52. The van der Waals surface area contributed by atoms with Crippen LogP contribution in [0, 0.1) is 41.5 Å². The monoisotopic (exact) mass is 822 g/mol. The first-order valence-electron chi connectivity index (χ1n) is 23.3. The molecule has 0 N–H and O–H groups in total. The minimum atomic E-state index is -0.223. The molecule has 0 bridgehead atoms. The fourth-order valence-electron chi connectivity index (χ4n) is 14.0. The van der Waals surface area contributed by atoms with Gasteiger partial charge in [0.1, 0.15) is 0 Å². The Hall–Kier alpha value is -6.51. The quantitative estimate of drug-likeness (QED) is 0.160. The van der Waals surface area contributed by atoms with Gasteiger partial charge in [0.15, 0.2) is 0 Å². The van der Waals surface area contributed by atoms with E-state index < -0.39 is 0 Å². The minimum absolute atomic E-state index is 0.0494. The Balaban J connectivity index is 1.20. The summed E-state index contributed by atoms with van der Waals surface area (Å²) in [6.45, 7) is 23.8. The largest absolute Gasteiger partial charge is 0.307 e. The molecule has 0 amide bonds. The lowest BCUT2D eigenvalue weighted by molar-refractivity contribution is 0.660. The van der Waals surface area contributed by atoms with Gasteiger partial charge in [-0.3, -0.25) is 0 Å². The third kappa shape index (κ3) is 4.59. The molecule has 0 saturated carbocycles. The van der Waals surface area contributed by atoms with E-state index in [0.717, 1.165) is 0 Å². The highest BCUT2D eigenvalue weighted by molar-refractivity contribution is 7.00. The second-order valence-electron chi connectivity index (χ2n) is 20.8. The summed E-state index contributed by atoms with van der Waals surface area (Å²) in [6, 6.07) is 52.3. The number of para-hydroxylation sites is 2. The highest BCUT2D eigenvalue weighted by Crippen LogP contribution is 2.62. The first kappa shape index (κ1) is 38.0. The molecular formula is C60H52B2N2. The van der Waals surface area contributed by atoms with Crippen molar-refractivity contribution in [1.82, 2.24) is 0 Å². The second kappa shape index (κ2) is 12.6. The van der Waals surface area contributed by atoms with Crippen molar-refractivity contribution in [3.63, 3.8) is 0 Å². The molecule has 8 aromatic carbocycles. The van der Waals surface area contributed by atoms with Crippen molar-refractivity contribution in [2.24, 2.45) is 0 Å². The summed E-state index contributed by atoms with van der Waals surface area (Å²) in [6.07, 6.45) is 0. The summed E-state index contributed by atoms with van der Waals surface area (Å²) >= 11 is 0. The topological polar surface area (TPSA) is 6.48 Å². The number of aryl methyl sites for hydroxylation is 6. The summed E-state index contributed by atoms with van der Waals surface area (Å²) in [4.78, 5) is 5.49. The average molecular weight is 823 g/mol. The molecule has 64 heavy (non-hydrogen) atoms. The van der Waals surface area contributed by atoms with Gasteiger partial charge in [0.05, 0.1) is 22.7 Å². The van der Waals surface area contributed by atoms with Crippen molar-refractivity contribution in [1.29, 1.82) is 0 Å². The summed E-state index contributed by atoms with van der Waals surface area (Å²) in [5.41, 5.74) is 34.9. The molecule has 13 rings (SSSR count). The zero-order chi connectivity index (χ0) is 43.9. The van der Waals surface area contributed by atoms with E-state index in [-0.39, 0.29) is 24.3 Å². The summed E-state index contributed by atoms with van der Waals surface area (Å²) < 4.78 is 0. The van der Waals surface area contributed by atoms with Gasteiger partial charge in [0.2, 0.25) is 13.4 Å². The smallest absolute Gasteiger partial charge is 0.247 e. The maximum atomic E-state index is 2.75. The summed E-state index contributed by atoms with van der Waals surface area (Å²) in [7, 11) is 0. The van der Waals surface area contributed by atoms with E-state index in [1.54, 1.807) is 0 Å². The van der Waals surface area contributed by atoms with Gasteiger partial charge in [-0.15, -0.1) is 0 Å². The Morgan fingerprint density at radius 2 is 0.719 bits per heavy atom. The summed E-state index contributed by atoms with van der Waals surface area (Å²) in [5.74, 6) is 0. The molecule has 2 aliphatic carbocycles. The lowest BCUT2D eigenvalue weighted by Crippen LogP contribution is -2.62. The molecule has 3 aliphatic heterocycles. The molecule has 0 saturated heterocycles. The standard InChI is InChI=1S/C60H52B2N2/c1-33-29-35(3)53(36(4)30-33)61-45-21-15-23-49-55(45)63(57-47(61)27-25-41-39-17-11-13-19-43(39)59(7,8)51(41)57)50-24-16-22-46-56(50)64(49)58-48(62(46)54-37(5)31-34(2)32-38(54)6)28-26-42-40-18-12-14-20-44(40)60(9,10)52(42)58/h11-32H,1-10H3. The van der Waals surface area contributed by atoms with E-state index in [2.05, 4.69) is 212 Å². The normalized spacial score (nSPS) is 15.8. The lowest BCUT2D eigenvalue weighted by Gasteiger charge is -2.51. The third-order valence-corrected chi connectivity index (χ3v) is 16.2. The van der Waals surface area contributed by atoms with Crippen molar-refractivity contribution in [3.8, 4) is 22.3 Å². The molecule has 0 unspecified atom stereocenters. The fourth-order valence-corrected chi connectivity index (χ4v) is 14.0. The van der Waals surface area contributed by atoms with Crippen LogP contribution in [0.3, 0.4) is 0 Å². The van der Waals surface area contributed by atoms with E-state index in [1.165, 1.54) is 145 Å². The molecule has 0 aromatic heterocycles. The van der Waals surface area contributed by atoms with Crippen molar-refractivity contribution in [2.45, 2.75) is 80.1 Å². The zero-order valence-corrected chi connectivity index (χ0v) is 38.8. The van der Waals surface area contributed by atoms with Gasteiger partial charge in [-0.2, -0.15) is 0 Å². The molecule has 4 heteroatoms. The predicted molar refractivity (Wildman–Crippen MR) is 275 cm³/mol. The van der Waals surface area contributed by atoms with E-state index in [4.69, 9.17) is 0 Å². The van der Waals surface area contributed by atoms with Crippen LogP contribution in [0.4, 0.5) is 34.1 Å². The third-order valence-electron chi connectivity index (χ3n) is 16.2. The van der Waals surface area contributed by atoms with Crippen molar-refractivity contribution < 1.29 is 0 Å². The van der Waals surface area contributed by atoms with Crippen LogP contribution in [0.15, 0.2) is 133 Å². The van der Waals surface area contributed by atoms with Crippen LogP contribution in [0.1, 0.15) is 83.3 Å². The van der Waals surface area contributed by atoms with E-state index >= 15 is 0 Å². The van der Waals surface area contributed by atoms with Crippen molar-refractivity contribution >= 4 is 80.3 Å². The number of rotatable bonds is 2. The van der Waals surface area contributed by atoms with Crippen molar-refractivity contribution in [3.05, 3.63) is 189 Å². The van der Waals surface area contributed by atoms with Gasteiger partial charge in [-0.25, -0.2) is 0 Å². The minimum Gasteiger partial charge on any atom is -0.307 e. The van der Waals surface area contributed by atoms with Gasteiger partial charge in [0, 0.05) is 22.2 Å². The van der Waals surface area contributed by atoms with Gasteiger partial charge in [-0.1, -0.05) is 193 Å². The van der Waals surface area contributed by atoms with Crippen LogP contribution in [0.5, 0.6) is 0 Å². The Morgan fingerprint density at radius 3 is 1.11 bits per heavy atom. The zero-order valence-electron chi connectivity index (χ0n) is 38.8. The highest BCUT2D eigenvalue weighted by atomic mass is 15.3. The molecule has 2 nitrogen and oxygen atoms in total. The number of fused-ring (bicyclic) bond motifs is 14. The second-order valence-corrected chi connectivity index (χ2v) is 20.8. The van der Waals surface area contributed by atoms with Gasteiger partial charge in [0.25, 0.3) is 0 Å². The first-order valence-corrected chi connectivity index (χ1v) is 23.3. The molecular weight excluding hydrogens is 770 g/mol. The Labute approximate surface area is 379 Å². The maximum Gasteiger partial charge on any atom is 0.247 e. The number of hydrogen-bond acceptors (Lipinski definition) is 2. The SMILES string of the molecule is Cc1cc(C)c(B2c3cccc4c3N(c3cccc5c3N4c3c(ccc4c3C(C)(C)c3ccccc3-4)B5c3c(C)cc(C)cc3C)c3c2ccc2c3C(C)(C)c3ccccc3-2)c(C)c1. The van der Waals surface area contributed by atoms with E-state index in [1.807, 2.05) is 0 Å². The van der Waals surface area contributed by atoms with Crippen LogP contribution in [-0.4, -0.2) is 13.4 Å². The van der Waals surface area contributed by atoms with Crippen LogP contribution < -0.4 is 42.6 Å². The Bertz CT molecular complexity index is 3170. The molecule has 8 aromatic rings. The molecule has 308 valence electrons. The van der Waals surface area contributed by atoms with E-state index in [9.17, 15) is 0 Å². The Kier molecular flexibility index (Phi) is 7.48. The molecule has 0 spiro atoms. The van der Waals surface area contributed by atoms with Crippen LogP contribution in [-0.2, 0) is 10.8 Å².